The molecule has 0 fully saturated rings. The molecule has 5 nitrogen and oxygen atoms in total. The van der Waals surface area contributed by atoms with E-state index in [0.29, 0.717) is 10.9 Å². The molecule has 0 aliphatic heterocycles. The van der Waals surface area contributed by atoms with Gasteiger partial charge in [0.15, 0.2) is 0 Å². The molecule has 5 aromatic rings. The molecule has 0 radical (unpaired) electrons. The van der Waals surface area contributed by atoms with Crippen LogP contribution in [0.5, 0.6) is 0 Å². The fourth-order valence-corrected chi connectivity index (χ4v) is 4.18. The summed E-state index contributed by atoms with van der Waals surface area (Å²) in [6, 6.07) is 16.1. The Morgan fingerprint density at radius 1 is 0.893 bits per heavy atom. The van der Waals surface area contributed by atoms with Gasteiger partial charge in [-0.05, 0) is 49.0 Å². The van der Waals surface area contributed by atoms with Crippen molar-refractivity contribution in [1.82, 2.24) is 14.3 Å². The zero-order valence-corrected chi connectivity index (χ0v) is 16.5. The molecule has 0 aliphatic rings. The number of rotatable bonds is 3. The summed E-state index contributed by atoms with van der Waals surface area (Å²) in [5, 5.41) is 4.81. The Bertz CT molecular complexity index is 1450. The van der Waals surface area contributed by atoms with E-state index in [0.717, 1.165) is 45.6 Å². The van der Waals surface area contributed by atoms with Gasteiger partial charge >= 0.3 is 5.69 Å². The maximum Gasteiger partial charge on any atom is 0.333 e. The summed E-state index contributed by atoms with van der Waals surface area (Å²) < 4.78 is 1.69. The Balaban J connectivity index is 0.00000192. The largest absolute Gasteiger partial charge is 0.333 e. The third kappa shape index (κ3) is 2.51. The van der Waals surface area contributed by atoms with Crippen molar-refractivity contribution in [2.45, 2.75) is 6.42 Å². The van der Waals surface area contributed by atoms with Crippen LogP contribution < -0.4 is 11.2 Å². The Labute approximate surface area is 166 Å². The van der Waals surface area contributed by atoms with Gasteiger partial charge in [0.25, 0.3) is 5.56 Å². The molecule has 1 N–H and O–H groups in total. The minimum Gasteiger partial charge on any atom is -0.309 e. The highest BCUT2D eigenvalue weighted by Gasteiger charge is 2.19. The van der Waals surface area contributed by atoms with Crippen LogP contribution >= 0.6 is 12.4 Å². The topological polar surface area (TPSA) is 57.6 Å². The molecule has 0 aliphatic carbocycles. The van der Waals surface area contributed by atoms with E-state index >= 15 is 0 Å². The zero-order valence-electron chi connectivity index (χ0n) is 15.7. The van der Waals surface area contributed by atoms with Crippen molar-refractivity contribution in [3.05, 3.63) is 74.9 Å². The molecular weight excluding hydrogens is 374 g/mol. The van der Waals surface area contributed by atoms with E-state index in [4.69, 9.17) is 0 Å². The molecule has 5 rings (SSSR count). The van der Waals surface area contributed by atoms with Crippen LogP contribution in [0.2, 0.25) is 0 Å². The van der Waals surface area contributed by atoms with Gasteiger partial charge in [-0.3, -0.25) is 14.2 Å². The van der Waals surface area contributed by atoms with E-state index in [1.807, 2.05) is 38.4 Å². The molecule has 2 heterocycles. The Morgan fingerprint density at radius 2 is 1.61 bits per heavy atom. The summed E-state index contributed by atoms with van der Waals surface area (Å²) in [7, 11) is 4.09. The second-order valence-corrected chi connectivity index (χ2v) is 7.32. The molecule has 0 unspecified atom stereocenters. The molecule has 0 bridgehead atoms. The van der Waals surface area contributed by atoms with Crippen LogP contribution in [0.4, 0.5) is 0 Å². The van der Waals surface area contributed by atoms with Gasteiger partial charge in [-0.15, -0.1) is 12.4 Å². The number of para-hydroxylation sites is 1. The minimum atomic E-state index is -0.375. The van der Waals surface area contributed by atoms with Gasteiger partial charge < -0.3 is 4.90 Å². The van der Waals surface area contributed by atoms with Crippen molar-refractivity contribution in [3.8, 4) is 0 Å². The molecule has 28 heavy (non-hydrogen) atoms. The maximum absolute atomic E-state index is 12.8. The highest BCUT2D eigenvalue weighted by Crippen LogP contribution is 2.35. The zero-order chi connectivity index (χ0) is 18.7. The van der Waals surface area contributed by atoms with E-state index in [-0.39, 0.29) is 23.7 Å². The highest BCUT2D eigenvalue weighted by molar-refractivity contribution is 6.18. The monoisotopic (exact) mass is 393 g/mol. The first-order valence-electron chi connectivity index (χ1n) is 9.04. The Hall–Kier alpha value is -2.89. The number of hydrogen-bond donors (Lipinski definition) is 1. The summed E-state index contributed by atoms with van der Waals surface area (Å²) >= 11 is 0. The quantitative estimate of drug-likeness (QED) is 0.511. The molecule has 0 atom stereocenters. The van der Waals surface area contributed by atoms with Gasteiger partial charge in [0.05, 0.1) is 16.4 Å². The van der Waals surface area contributed by atoms with Gasteiger partial charge in [-0.25, -0.2) is 4.79 Å². The lowest BCUT2D eigenvalue weighted by Crippen LogP contribution is -2.25. The second kappa shape index (κ2) is 6.62. The van der Waals surface area contributed by atoms with Crippen molar-refractivity contribution in [3.63, 3.8) is 0 Å². The van der Waals surface area contributed by atoms with Crippen LogP contribution in [0.15, 0.2) is 58.1 Å². The van der Waals surface area contributed by atoms with E-state index < -0.39 is 0 Å². The van der Waals surface area contributed by atoms with Crippen LogP contribution in [0.3, 0.4) is 0 Å². The Morgan fingerprint density at radius 3 is 2.39 bits per heavy atom. The van der Waals surface area contributed by atoms with Crippen molar-refractivity contribution in [1.29, 1.82) is 0 Å². The first kappa shape index (κ1) is 18.5. The van der Waals surface area contributed by atoms with Crippen molar-refractivity contribution < 1.29 is 0 Å². The number of aromatic nitrogens is 2. The van der Waals surface area contributed by atoms with Crippen LogP contribution in [0.25, 0.3) is 38.0 Å². The predicted molar refractivity (Wildman–Crippen MR) is 117 cm³/mol. The summed E-state index contributed by atoms with van der Waals surface area (Å²) in [6.07, 6.45) is 0.817. The third-order valence-corrected chi connectivity index (χ3v) is 5.38. The van der Waals surface area contributed by atoms with E-state index in [1.54, 1.807) is 10.5 Å². The van der Waals surface area contributed by atoms with Gasteiger partial charge in [0.2, 0.25) is 0 Å². The number of benzene rings is 3. The molecule has 3 aromatic carbocycles. The van der Waals surface area contributed by atoms with Gasteiger partial charge in [0, 0.05) is 17.3 Å². The van der Waals surface area contributed by atoms with Crippen LogP contribution in [-0.2, 0) is 6.42 Å². The average Bonchev–Trinajstić information content (AvgIpc) is 2.98. The fourth-order valence-electron chi connectivity index (χ4n) is 4.18. The number of nitrogens with one attached hydrogen (secondary N) is 1. The summed E-state index contributed by atoms with van der Waals surface area (Å²) in [5.74, 6) is 0. The molecule has 142 valence electrons. The smallest absolute Gasteiger partial charge is 0.309 e. The molecular formula is C22H20ClN3O2. The first-order chi connectivity index (χ1) is 13.1. The molecule has 0 saturated heterocycles. The number of nitrogens with zero attached hydrogens (tertiary/aromatic N) is 2. The van der Waals surface area contributed by atoms with Crippen molar-refractivity contribution in [2.24, 2.45) is 0 Å². The van der Waals surface area contributed by atoms with E-state index in [2.05, 4.69) is 28.1 Å². The minimum absolute atomic E-state index is 0. The highest BCUT2D eigenvalue weighted by atomic mass is 35.5. The van der Waals surface area contributed by atoms with Crippen LogP contribution in [0, 0.1) is 0 Å². The van der Waals surface area contributed by atoms with Gasteiger partial charge in [-0.2, -0.15) is 0 Å². The number of aromatic amines is 1. The third-order valence-electron chi connectivity index (χ3n) is 5.38. The van der Waals surface area contributed by atoms with Gasteiger partial charge in [-0.1, -0.05) is 36.4 Å². The first-order valence-corrected chi connectivity index (χ1v) is 9.04. The number of likely N-dealkylation sites (N-methyl/N-ethyl adjacent to an activating group) is 1. The summed E-state index contributed by atoms with van der Waals surface area (Å²) in [6.45, 7) is 0.873. The summed E-state index contributed by atoms with van der Waals surface area (Å²) in [5.41, 5.74) is 2.05. The lowest BCUT2D eigenvalue weighted by atomic mass is 9.97. The van der Waals surface area contributed by atoms with Crippen molar-refractivity contribution in [2.75, 3.05) is 20.6 Å². The molecule has 0 saturated carbocycles. The number of hydrogen-bond acceptors (Lipinski definition) is 3. The number of halogens is 1. The average molecular weight is 394 g/mol. The lowest BCUT2D eigenvalue weighted by Gasteiger charge is -2.13. The maximum atomic E-state index is 12.8. The van der Waals surface area contributed by atoms with E-state index in [1.165, 1.54) is 0 Å². The van der Waals surface area contributed by atoms with Crippen LogP contribution in [-0.4, -0.2) is 34.9 Å². The fraction of sp³-hybridized carbons (Fsp3) is 0.182. The lowest BCUT2D eigenvalue weighted by molar-refractivity contribution is 0.414. The normalized spacial score (nSPS) is 11.8. The van der Waals surface area contributed by atoms with E-state index in [9.17, 15) is 9.59 Å². The molecule has 0 spiro atoms. The SMILES string of the molecule is CN(C)CCc1c2ccccc2cc2c3cccc4c(=O)[nH]c(=O)n(c12)c43.Cl. The molecule has 2 aromatic heterocycles. The van der Waals surface area contributed by atoms with Crippen molar-refractivity contribution >= 4 is 50.4 Å². The second-order valence-electron chi connectivity index (χ2n) is 7.32. The summed E-state index contributed by atoms with van der Waals surface area (Å²) in [4.78, 5) is 29.8. The molecule has 0 amide bonds. The standard InChI is InChI=1S/C22H19N3O2.ClH/c1-24(2)11-10-16-14-7-4-3-6-13(14)12-18-15-8-5-9-17-19(15)25(20(16)18)22(27)23-21(17)26;/h3-9,12H,10-11H2,1-2H3,(H,23,26,27);1H. The number of H-pyrrole nitrogens is 1. The Kier molecular flexibility index (Phi) is 4.37. The molecule has 6 heteroatoms. The predicted octanol–water partition coefficient (Wildman–Crippen LogP) is 3.41. The van der Waals surface area contributed by atoms with Crippen LogP contribution in [0.1, 0.15) is 5.56 Å². The number of fused-ring (bicyclic) bond motifs is 4. The van der Waals surface area contributed by atoms with Gasteiger partial charge in [0.1, 0.15) is 0 Å².